The van der Waals surface area contributed by atoms with Gasteiger partial charge in [-0.05, 0) is 49.7 Å². The van der Waals surface area contributed by atoms with Gasteiger partial charge in [0.15, 0.2) is 0 Å². The molecule has 0 radical (unpaired) electrons. The van der Waals surface area contributed by atoms with Crippen LogP contribution < -0.4 is 9.47 Å². The van der Waals surface area contributed by atoms with Crippen LogP contribution in [0, 0.1) is 10.1 Å². The van der Waals surface area contributed by atoms with Gasteiger partial charge in [0, 0.05) is 25.2 Å². The smallest absolute Gasteiger partial charge is 0.269 e. The second-order valence-corrected chi connectivity index (χ2v) is 5.85. The SMILES string of the molecule is COc1ccc(CCN(C)CCCOc2ccc([N+](=O)[O-])cc2)cc1. The van der Waals surface area contributed by atoms with Crippen LogP contribution in [0.3, 0.4) is 0 Å². The second kappa shape index (κ2) is 9.64. The van der Waals surface area contributed by atoms with Crippen LogP contribution in [0.5, 0.6) is 11.5 Å². The first-order chi connectivity index (χ1) is 12.1. The molecule has 0 aromatic heterocycles. The lowest BCUT2D eigenvalue weighted by Crippen LogP contribution is -2.23. The molecule has 0 amide bonds. The Balaban J connectivity index is 1.62. The minimum absolute atomic E-state index is 0.0746. The molecule has 25 heavy (non-hydrogen) atoms. The van der Waals surface area contributed by atoms with Gasteiger partial charge in [-0.2, -0.15) is 0 Å². The Kier molecular flexibility index (Phi) is 7.22. The molecular weight excluding hydrogens is 320 g/mol. The van der Waals surface area contributed by atoms with Crippen molar-refractivity contribution in [1.82, 2.24) is 4.90 Å². The molecule has 0 unspecified atom stereocenters. The minimum atomic E-state index is -0.415. The predicted octanol–water partition coefficient (Wildman–Crippen LogP) is 3.55. The van der Waals surface area contributed by atoms with E-state index in [1.807, 2.05) is 12.1 Å². The lowest BCUT2D eigenvalue weighted by Gasteiger charge is -2.16. The Hall–Kier alpha value is -2.60. The van der Waals surface area contributed by atoms with Gasteiger partial charge in [-0.25, -0.2) is 0 Å². The summed E-state index contributed by atoms with van der Waals surface area (Å²) in [5, 5.41) is 10.6. The Labute approximate surface area is 148 Å². The highest BCUT2D eigenvalue weighted by atomic mass is 16.6. The molecule has 0 N–H and O–H groups in total. The van der Waals surface area contributed by atoms with E-state index in [1.54, 1.807) is 19.2 Å². The van der Waals surface area contributed by atoms with Gasteiger partial charge in [0.25, 0.3) is 5.69 Å². The van der Waals surface area contributed by atoms with Gasteiger partial charge in [-0.15, -0.1) is 0 Å². The van der Waals surface area contributed by atoms with Gasteiger partial charge in [-0.1, -0.05) is 12.1 Å². The number of nitrogens with zero attached hydrogens (tertiary/aromatic N) is 2. The number of ether oxygens (including phenoxy) is 2. The summed E-state index contributed by atoms with van der Waals surface area (Å²) < 4.78 is 10.8. The number of nitro benzene ring substituents is 1. The summed E-state index contributed by atoms with van der Waals surface area (Å²) >= 11 is 0. The van der Waals surface area contributed by atoms with Crippen LogP contribution >= 0.6 is 0 Å². The van der Waals surface area contributed by atoms with E-state index < -0.39 is 4.92 Å². The van der Waals surface area contributed by atoms with Crippen molar-refractivity contribution in [2.45, 2.75) is 12.8 Å². The van der Waals surface area contributed by atoms with Crippen molar-refractivity contribution >= 4 is 5.69 Å². The lowest BCUT2D eigenvalue weighted by molar-refractivity contribution is -0.384. The summed E-state index contributed by atoms with van der Waals surface area (Å²) in [6, 6.07) is 14.3. The van der Waals surface area contributed by atoms with Crippen molar-refractivity contribution in [2.75, 3.05) is 33.9 Å². The largest absolute Gasteiger partial charge is 0.497 e. The third kappa shape index (κ3) is 6.43. The Morgan fingerprint density at radius 3 is 2.24 bits per heavy atom. The summed E-state index contributed by atoms with van der Waals surface area (Å²) in [6.07, 6.45) is 1.89. The molecular formula is C19H24N2O4. The fourth-order valence-electron chi connectivity index (χ4n) is 2.41. The molecule has 6 nitrogen and oxygen atoms in total. The third-order valence-corrected chi connectivity index (χ3v) is 3.94. The van der Waals surface area contributed by atoms with E-state index in [4.69, 9.17) is 9.47 Å². The molecule has 0 heterocycles. The van der Waals surface area contributed by atoms with Crippen molar-refractivity contribution in [2.24, 2.45) is 0 Å². The van der Waals surface area contributed by atoms with Gasteiger partial charge >= 0.3 is 0 Å². The fourth-order valence-corrected chi connectivity index (χ4v) is 2.41. The van der Waals surface area contributed by atoms with Crippen molar-refractivity contribution in [3.63, 3.8) is 0 Å². The number of likely N-dealkylation sites (N-methyl/N-ethyl adjacent to an activating group) is 1. The average Bonchev–Trinajstić information content (AvgIpc) is 2.64. The third-order valence-electron chi connectivity index (χ3n) is 3.94. The number of hydrogen-bond donors (Lipinski definition) is 0. The normalized spacial score (nSPS) is 10.7. The number of rotatable bonds is 10. The number of methoxy groups -OCH3 is 1. The highest BCUT2D eigenvalue weighted by molar-refractivity contribution is 5.35. The summed E-state index contributed by atoms with van der Waals surface area (Å²) in [7, 11) is 3.76. The monoisotopic (exact) mass is 344 g/mol. The van der Waals surface area contributed by atoms with Gasteiger partial charge in [0.2, 0.25) is 0 Å². The second-order valence-electron chi connectivity index (χ2n) is 5.85. The van der Waals surface area contributed by atoms with Gasteiger partial charge in [-0.3, -0.25) is 10.1 Å². The number of benzene rings is 2. The van der Waals surface area contributed by atoms with E-state index in [0.29, 0.717) is 12.4 Å². The minimum Gasteiger partial charge on any atom is -0.497 e. The molecule has 0 aliphatic rings. The van der Waals surface area contributed by atoms with E-state index in [9.17, 15) is 10.1 Å². The molecule has 0 fully saturated rings. The molecule has 0 aliphatic heterocycles. The molecule has 0 spiro atoms. The molecule has 0 atom stereocenters. The molecule has 134 valence electrons. The maximum atomic E-state index is 10.6. The highest BCUT2D eigenvalue weighted by Gasteiger charge is 2.05. The Bertz CT molecular complexity index is 656. The zero-order valence-electron chi connectivity index (χ0n) is 14.7. The quantitative estimate of drug-likeness (QED) is 0.375. The average molecular weight is 344 g/mol. The molecule has 0 bridgehead atoms. The lowest BCUT2D eigenvalue weighted by atomic mass is 10.1. The fraction of sp³-hybridized carbons (Fsp3) is 0.368. The number of non-ortho nitro benzene ring substituents is 1. The summed E-state index contributed by atoms with van der Waals surface area (Å²) in [5.41, 5.74) is 1.36. The van der Waals surface area contributed by atoms with Gasteiger partial charge < -0.3 is 14.4 Å². The van der Waals surface area contributed by atoms with Crippen LogP contribution in [0.2, 0.25) is 0 Å². The van der Waals surface area contributed by atoms with Crippen LogP contribution in [0.15, 0.2) is 48.5 Å². The number of nitro groups is 1. The first-order valence-corrected chi connectivity index (χ1v) is 8.27. The topological polar surface area (TPSA) is 64.8 Å². The maximum absolute atomic E-state index is 10.6. The first kappa shape index (κ1) is 18.7. The van der Waals surface area contributed by atoms with Crippen molar-refractivity contribution < 1.29 is 14.4 Å². The van der Waals surface area contributed by atoms with E-state index in [-0.39, 0.29) is 5.69 Å². The van der Waals surface area contributed by atoms with Crippen LogP contribution in [0.1, 0.15) is 12.0 Å². The molecule has 2 aromatic carbocycles. The van der Waals surface area contributed by atoms with E-state index in [2.05, 4.69) is 24.1 Å². The predicted molar refractivity (Wildman–Crippen MR) is 97.4 cm³/mol. The van der Waals surface area contributed by atoms with Crippen LogP contribution in [-0.4, -0.2) is 43.7 Å². The first-order valence-electron chi connectivity index (χ1n) is 8.27. The standard InChI is InChI=1S/C19H24N2O4/c1-20(14-12-16-4-8-18(24-2)9-5-16)13-3-15-25-19-10-6-17(7-11-19)21(22)23/h4-11H,3,12-15H2,1-2H3. The molecule has 6 heteroatoms. The Morgan fingerprint density at radius 1 is 1.00 bits per heavy atom. The molecule has 0 saturated carbocycles. The van der Waals surface area contributed by atoms with Gasteiger partial charge in [0.1, 0.15) is 11.5 Å². The van der Waals surface area contributed by atoms with E-state index in [0.717, 1.165) is 31.7 Å². The molecule has 2 rings (SSSR count). The summed E-state index contributed by atoms with van der Waals surface area (Å²) in [5.74, 6) is 1.53. The highest BCUT2D eigenvalue weighted by Crippen LogP contribution is 2.17. The van der Waals surface area contributed by atoms with Crippen LogP contribution in [0.25, 0.3) is 0 Å². The molecule has 0 saturated heterocycles. The van der Waals surface area contributed by atoms with Crippen LogP contribution in [-0.2, 0) is 6.42 Å². The maximum Gasteiger partial charge on any atom is 0.269 e. The van der Waals surface area contributed by atoms with Gasteiger partial charge in [0.05, 0.1) is 18.6 Å². The van der Waals surface area contributed by atoms with Crippen molar-refractivity contribution in [3.05, 3.63) is 64.2 Å². The van der Waals surface area contributed by atoms with Crippen molar-refractivity contribution in [3.8, 4) is 11.5 Å². The zero-order valence-corrected chi connectivity index (χ0v) is 14.7. The molecule has 0 aliphatic carbocycles. The number of hydrogen-bond acceptors (Lipinski definition) is 5. The van der Waals surface area contributed by atoms with Crippen LogP contribution in [0.4, 0.5) is 5.69 Å². The van der Waals surface area contributed by atoms with Crippen molar-refractivity contribution in [1.29, 1.82) is 0 Å². The summed E-state index contributed by atoms with van der Waals surface area (Å²) in [6.45, 7) is 2.50. The molecule has 2 aromatic rings. The van der Waals surface area contributed by atoms with E-state index in [1.165, 1.54) is 17.7 Å². The zero-order chi connectivity index (χ0) is 18.1. The summed E-state index contributed by atoms with van der Waals surface area (Å²) in [4.78, 5) is 12.4. The Morgan fingerprint density at radius 2 is 1.64 bits per heavy atom. The van der Waals surface area contributed by atoms with E-state index >= 15 is 0 Å².